The average molecular weight is 325 g/mol. The zero-order chi connectivity index (χ0) is 15.4. The Morgan fingerprint density at radius 2 is 2.10 bits per heavy atom. The molecular formula is C14H17ClN4OS. The molecular weight excluding hydrogens is 308 g/mol. The van der Waals surface area contributed by atoms with Gasteiger partial charge in [-0.1, -0.05) is 18.5 Å². The van der Waals surface area contributed by atoms with E-state index in [1.807, 2.05) is 20.8 Å². The van der Waals surface area contributed by atoms with E-state index in [9.17, 15) is 4.79 Å². The van der Waals surface area contributed by atoms with Gasteiger partial charge in [0.05, 0.1) is 10.7 Å². The van der Waals surface area contributed by atoms with Crippen LogP contribution >= 0.6 is 22.9 Å². The molecule has 2 heterocycles. The Morgan fingerprint density at radius 3 is 2.71 bits per heavy atom. The Labute approximate surface area is 132 Å². The van der Waals surface area contributed by atoms with Gasteiger partial charge in [-0.25, -0.2) is 9.97 Å². The normalized spacial score (nSPS) is 10.5. The first-order chi connectivity index (χ1) is 10.0. The minimum Gasteiger partial charge on any atom is -0.370 e. The van der Waals surface area contributed by atoms with Crippen LogP contribution in [0.25, 0.3) is 0 Å². The van der Waals surface area contributed by atoms with E-state index in [1.54, 1.807) is 12.1 Å². The first-order valence-corrected chi connectivity index (χ1v) is 7.92. The van der Waals surface area contributed by atoms with Crippen molar-refractivity contribution in [3.05, 3.63) is 33.4 Å². The molecule has 0 saturated heterocycles. The van der Waals surface area contributed by atoms with Crippen molar-refractivity contribution in [3.63, 3.8) is 0 Å². The van der Waals surface area contributed by atoms with Crippen LogP contribution in [0.4, 0.5) is 10.9 Å². The highest BCUT2D eigenvalue weighted by Crippen LogP contribution is 2.24. The second-order valence-corrected chi connectivity index (χ2v) is 6.00. The summed E-state index contributed by atoms with van der Waals surface area (Å²) in [5.41, 5.74) is 1.19. The van der Waals surface area contributed by atoms with Gasteiger partial charge < -0.3 is 5.32 Å². The number of anilines is 2. The van der Waals surface area contributed by atoms with Crippen molar-refractivity contribution < 1.29 is 4.79 Å². The van der Waals surface area contributed by atoms with E-state index in [0.717, 1.165) is 23.5 Å². The molecule has 0 aliphatic rings. The van der Waals surface area contributed by atoms with Crippen LogP contribution in [0.2, 0.25) is 5.02 Å². The maximum Gasteiger partial charge on any atom is 0.277 e. The molecule has 112 valence electrons. The van der Waals surface area contributed by atoms with Gasteiger partial charge in [0.2, 0.25) is 0 Å². The molecule has 7 heteroatoms. The molecule has 0 aromatic carbocycles. The number of nitrogens with zero attached hydrogens (tertiary/aromatic N) is 2. The molecule has 0 atom stereocenters. The van der Waals surface area contributed by atoms with Crippen molar-refractivity contribution in [2.24, 2.45) is 0 Å². The van der Waals surface area contributed by atoms with E-state index in [1.165, 1.54) is 11.3 Å². The fourth-order valence-corrected chi connectivity index (χ4v) is 2.94. The van der Waals surface area contributed by atoms with Crippen LogP contribution in [0.3, 0.4) is 0 Å². The van der Waals surface area contributed by atoms with E-state index < -0.39 is 0 Å². The highest BCUT2D eigenvalue weighted by atomic mass is 35.5. The highest BCUT2D eigenvalue weighted by molar-refractivity contribution is 7.15. The highest BCUT2D eigenvalue weighted by Gasteiger charge is 2.16. The molecule has 21 heavy (non-hydrogen) atoms. The number of carbonyl (C=O) groups excluding carboxylic acids is 1. The third-order valence-electron chi connectivity index (χ3n) is 2.87. The standard InChI is InChI=1S/C14H17ClN4OS/c1-4-10-8(3)21-14(17-10)19-13(20)12-9(15)6-7-11(18-12)16-5-2/h6-7H,4-5H2,1-3H3,(H,16,18)(H,17,19,20). The first kappa shape index (κ1) is 15.7. The summed E-state index contributed by atoms with van der Waals surface area (Å²) >= 11 is 7.51. The van der Waals surface area contributed by atoms with Crippen molar-refractivity contribution in [2.75, 3.05) is 17.2 Å². The summed E-state index contributed by atoms with van der Waals surface area (Å²) in [4.78, 5) is 22.0. The smallest absolute Gasteiger partial charge is 0.277 e. The van der Waals surface area contributed by atoms with Gasteiger partial charge in [0, 0.05) is 11.4 Å². The lowest BCUT2D eigenvalue weighted by atomic mass is 10.3. The second kappa shape index (κ2) is 6.87. The molecule has 0 fully saturated rings. The number of carbonyl (C=O) groups is 1. The number of rotatable bonds is 5. The average Bonchev–Trinajstić information content (AvgIpc) is 2.81. The van der Waals surface area contributed by atoms with E-state index in [4.69, 9.17) is 11.6 Å². The Morgan fingerprint density at radius 1 is 1.33 bits per heavy atom. The van der Waals surface area contributed by atoms with Gasteiger partial charge >= 0.3 is 0 Å². The van der Waals surface area contributed by atoms with Gasteiger partial charge in [0.25, 0.3) is 5.91 Å². The van der Waals surface area contributed by atoms with Crippen LogP contribution in [-0.4, -0.2) is 22.4 Å². The molecule has 0 aliphatic heterocycles. The van der Waals surface area contributed by atoms with Crippen LogP contribution < -0.4 is 10.6 Å². The summed E-state index contributed by atoms with van der Waals surface area (Å²) in [5.74, 6) is 0.271. The number of aryl methyl sites for hydroxylation is 2. The number of hydrogen-bond acceptors (Lipinski definition) is 5. The number of thiazole rings is 1. The summed E-state index contributed by atoms with van der Waals surface area (Å²) < 4.78 is 0. The van der Waals surface area contributed by atoms with Gasteiger partial charge in [0.1, 0.15) is 11.5 Å². The van der Waals surface area contributed by atoms with Crippen LogP contribution in [0.15, 0.2) is 12.1 Å². The lowest BCUT2D eigenvalue weighted by Crippen LogP contribution is -2.15. The lowest BCUT2D eigenvalue weighted by molar-refractivity contribution is 0.102. The van der Waals surface area contributed by atoms with Crippen molar-refractivity contribution in [3.8, 4) is 0 Å². The number of pyridine rings is 1. The molecule has 0 unspecified atom stereocenters. The second-order valence-electron chi connectivity index (χ2n) is 4.39. The molecule has 5 nitrogen and oxygen atoms in total. The number of halogens is 1. The third-order valence-corrected chi connectivity index (χ3v) is 4.10. The first-order valence-electron chi connectivity index (χ1n) is 6.73. The Balaban J connectivity index is 2.21. The van der Waals surface area contributed by atoms with Crippen molar-refractivity contribution in [2.45, 2.75) is 27.2 Å². The molecule has 0 radical (unpaired) electrons. The quantitative estimate of drug-likeness (QED) is 0.879. The number of aromatic nitrogens is 2. The monoisotopic (exact) mass is 324 g/mol. The largest absolute Gasteiger partial charge is 0.370 e. The van der Waals surface area contributed by atoms with Crippen LogP contribution in [-0.2, 0) is 6.42 Å². The molecule has 0 saturated carbocycles. The van der Waals surface area contributed by atoms with Gasteiger partial charge in [-0.15, -0.1) is 11.3 Å². The zero-order valence-corrected chi connectivity index (χ0v) is 13.7. The molecule has 0 aliphatic carbocycles. The van der Waals surface area contributed by atoms with E-state index in [0.29, 0.717) is 16.0 Å². The van der Waals surface area contributed by atoms with Crippen LogP contribution in [0.1, 0.15) is 34.9 Å². The fourth-order valence-electron chi connectivity index (χ4n) is 1.85. The van der Waals surface area contributed by atoms with Gasteiger partial charge in [-0.3, -0.25) is 10.1 Å². The predicted molar refractivity (Wildman–Crippen MR) is 87.6 cm³/mol. The van der Waals surface area contributed by atoms with E-state index in [2.05, 4.69) is 20.6 Å². The van der Waals surface area contributed by atoms with Crippen LogP contribution in [0, 0.1) is 6.92 Å². The van der Waals surface area contributed by atoms with Gasteiger partial charge in [-0.2, -0.15) is 0 Å². The minimum atomic E-state index is -0.351. The van der Waals surface area contributed by atoms with Crippen LogP contribution in [0.5, 0.6) is 0 Å². The Hall–Kier alpha value is -1.66. The summed E-state index contributed by atoms with van der Waals surface area (Å²) in [6.07, 6.45) is 0.840. The summed E-state index contributed by atoms with van der Waals surface area (Å²) in [6.45, 7) is 6.71. The third kappa shape index (κ3) is 3.71. The van der Waals surface area contributed by atoms with Crippen molar-refractivity contribution in [1.29, 1.82) is 0 Å². The van der Waals surface area contributed by atoms with E-state index in [-0.39, 0.29) is 11.6 Å². The molecule has 2 aromatic heterocycles. The zero-order valence-electron chi connectivity index (χ0n) is 12.2. The molecule has 0 spiro atoms. The van der Waals surface area contributed by atoms with Crippen molar-refractivity contribution >= 4 is 39.8 Å². The molecule has 1 amide bonds. The predicted octanol–water partition coefficient (Wildman–Crippen LogP) is 3.75. The fraction of sp³-hybridized carbons (Fsp3) is 0.357. The maximum atomic E-state index is 12.3. The Bertz CT molecular complexity index is 656. The number of hydrogen-bond donors (Lipinski definition) is 2. The van der Waals surface area contributed by atoms with Crippen molar-refractivity contribution in [1.82, 2.24) is 9.97 Å². The SMILES string of the molecule is CCNc1ccc(Cl)c(C(=O)Nc2nc(CC)c(C)s2)n1. The Kier molecular flexibility index (Phi) is 5.14. The molecule has 2 N–H and O–H groups in total. The maximum absolute atomic E-state index is 12.3. The van der Waals surface area contributed by atoms with Gasteiger partial charge in [-0.05, 0) is 32.4 Å². The minimum absolute atomic E-state index is 0.195. The van der Waals surface area contributed by atoms with E-state index >= 15 is 0 Å². The molecule has 0 bridgehead atoms. The number of nitrogens with one attached hydrogen (secondary N) is 2. The molecule has 2 rings (SSSR count). The molecule has 2 aromatic rings. The summed E-state index contributed by atoms with van der Waals surface area (Å²) in [5, 5.41) is 6.70. The summed E-state index contributed by atoms with van der Waals surface area (Å²) in [6, 6.07) is 3.40. The summed E-state index contributed by atoms with van der Waals surface area (Å²) in [7, 11) is 0. The topological polar surface area (TPSA) is 66.9 Å². The lowest BCUT2D eigenvalue weighted by Gasteiger charge is -2.07. The number of amides is 1. The van der Waals surface area contributed by atoms with Gasteiger partial charge in [0.15, 0.2) is 5.13 Å².